The van der Waals surface area contributed by atoms with Gasteiger partial charge in [0.2, 0.25) is 5.91 Å². The van der Waals surface area contributed by atoms with Gasteiger partial charge in [-0.05, 0) is 25.7 Å². The molecule has 2 rings (SSSR count). The van der Waals surface area contributed by atoms with Crippen LogP contribution in [-0.4, -0.2) is 41.9 Å². The first-order valence-electron chi connectivity index (χ1n) is 6.77. The Balaban J connectivity index is 1.98. The SMILES string of the molecule is O=C(C1CCOCC1)N1CCCCCC1CBr. The molecule has 0 aromatic heterocycles. The average Bonchev–Trinajstić information content (AvgIpc) is 2.64. The zero-order valence-electron chi connectivity index (χ0n) is 10.4. The van der Waals surface area contributed by atoms with Crippen molar-refractivity contribution in [1.29, 1.82) is 0 Å². The van der Waals surface area contributed by atoms with Crippen LogP contribution < -0.4 is 0 Å². The van der Waals surface area contributed by atoms with Gasteiger partial charge in [0.1, 0.15) is 0 Å². The first-order valence-corrected chi connectivity index (χ1v) is 7.89. The van der Waals surface area contributed by atoms with Gasteiger partial charge in [-0.3, -0.25) is 4.79 Å². The molecule has 2 saturated heterocycles. The third kappa shape index (κ3) is 3.44. The monoisotopic (exact) mass is 303 g/mol. The summed E-state index contributed by atoms with van der Waals surface area (Å²) >= 11 is 3.56. The Bertz CT molecular complexity index is 254. The molecule has 0 saturated carbocycles. The number of rotatable bonds is 2. The van der Waals surface area contributed by atoms with E-state index in [1.165, 1.54) is 19.3 Å². The second-order valence-corrected chi connectivity index (χ2v) is 5.72. The van der Waals surface area contributed by atoms with Crippen molar-refractivity contribution in [3.05, 3.63) is 0 Å². The van der Waals surface area contributed by atoms with Gasteiger partial charge in [-0.2, -0.15) is 0 Å². The van der Waals surface area contributed by atoms with Crippen LogP contribution in [0.15, 0.2) is 0 Å². The largest absolute Gasteiger partial charge is 0.381 e. The van der Waals surface area contributed by atoms with Crippen LogP contribution in [0, 0.1) is 5.92 Å². The van der Waals surface area contributed by atoms with Gasteiger partial charge in [0.25, 0.3) is 0 Å². The number of amides is 1. The lowest BCUT2D eigenvalue weighted by Crippen LogP contribution is -2.45. The maximum Gasteiger partial charge on any atom is 0.226 e. The summed E-state index contributed by atoms with van der Waals surface area (Å²) in [6.45, 7) is 2.46. The van der Waals surface area contributed by atoms with Crippen LogP contribution in [-0.2, 0) is 9.53 Å². The maximum absolute atomic E-state index is 12.5. The van der Waals surface area contributed by atoms with Crippen molar-refractivity contribution in [2.75, 3.05) is 25.1 Å². The Morgan fingerprint density at radius 1 is 1.18 bits per heavy atom. The minimum Gasteiger partial charge on any atom is -0.381 e. The van der Waals surface area contributed by atoms with Gasteiger partial charge >= 0.3 is 0 Å². The molecule has 4 heteroatoms. The summed E-state index contributed by atoms with van der Waals surface area (Å²) in [4.78, 5) is 14.7. The van der Waals surface area contributed by atoms with E-state index < -0.39 is 0 Å². The maximum atomic E-state index is 12.5. The summed E-state index contributed by atoms with van der Waals surface area (Å²) in [6, 6.07) is 0.410. The Morgan fingerprint density at radius 3 is 2.65 bits per heavy atom. The summed E-state index contributed by atoms with van der Waals surface area (Å²) in [7, 11) is 0. The van der Waals surface area contributed by atoms with Gasteiger partial charge in [0.05, 0.1) is 0 Å². The van der Waals surface area contributed by atoms with Gasteiger partial charge in [-0.15, -0.1) is 0 Å². The van der Waals surface area contributed by atoms with Crippen molar-refractivity contribution in [2.45, 2.75) is 44.6 Å². The molecule has 2 heterocycles. The van der Waals surface area contributed by atoms with E-state index in [1.54, 1.807) is 0 Å². The zero-order valence-corrected chi connectivity index (χ0v) is 12.0. The number of ether oxygens (including phenoxy) is 1. The number of alkyl halides is 1. The predicted octanol–water partition coefficient (Wildman–Crippen LogP) is 2.58. The average molecular weight is 304 g/mol. The van der Waals surface area contributed by atoms with Crippen molar-refractivity contribution in [1.82, 2.24) is 4.90 Å². The molecule has 2 aliphatic rings. The lowest BCUT2D eigenvalue weighted by molar-refractivity contribution is -0.140. The molecular weight excluding hydrogens is 282 g/mol. The van der Waals surface area contributed by atoms with Gasteiger partial charge in [-0.25, -0.2) is 0 Å². The fourth-order valence-corrected chi connectivity index (χ4v) is 3.48. The smallest absolute Gasteiger partial charge is 0.226 e. The first-order chi connectivity index (χ1) is 8.33. The van der Waals surface area contributed by atoms with E-state index in [9.17, 15) is 4.79 Å². The molecule has 0 radical (unpaired) electrons. The van der Waals surface area contributed by atoms with E-state index in [0.717, 1.165) is 44.4 Å². The summed E-state index contributed by atoms with van der Waals surface area (Å²) in [5.74, 6) is 0.586. The highest BCUT2D eigenvalue weighted by Crippen LogP contribution is 2.24. The molecule has 0 N–H and O–H groups in total. The quantitative estimate of drug-likeness (QED) is 0.734. The molecule has 1 atom stereocenters. The van der Waals surface area contributed by atoms with Crippen LogP contribution in [0.4, 0.5) is 0 Å². The van der Waals surface area contributed by atoms with Crippen molar-refractivity contribution in [3.63, 3.8) is 0 Å². The number of carbonyl (C=O) groups is 1. The molecule has 2 fully saturated rings. The van der Waals surface area contributed by atoms with Crippen LogP contribution in [0.3, 0.4) is 0 Å². The molecule has 0 spiro atoms. The molecule has 2 aliphatic heterocycles. The number of carbonyl (C=O) groups excluding carboxylic acids is 1. The van der Waals surface area contributed by atoms with Crippen LogP contribution >= 0.6 is 15.9 Å². The van der Waals surface area contributed by atoms with Crippen molar-refractivity contribution in [3.8, 4) is 0 Å². The van der Waals surface area contributed by atoms with Gasteiger partial charge in [0.15, 0.2) is 0 Å². The predicted molar refractivity (Wildman–Crippen MR) is 71.3 cm³/mol. The molecule has 0 aromatic carbocycles. The lowest BCUT2D eigenvalue weighted by atomic mass is 9.97. The molecular formula is C13H22BrNO2. The van der Waals surface area contributed by atoms with Gasteiger partial charge in [-0.1, -0.05) is 28.8 Å². The van der Waals surface area contributed by atoms with Gasteiger partial charge in [0, 0.05) is 37.0 Å². The number of hydrogen-bond donors (Lipinski definition) is 0. The molecule has 1 unspecified atom stereocenters. The van der Waals surface area contributed by atoms with Crippen LogP contribution in [0.25, 0.3) is 0 Å². The highest BCUT2D eigenvalue weighted by atomic mass is 79.9. The van der Waals surface area contributed by atoms with E-state index >= 15 is 0 Å². The standard InChI is InChI=1S/C13H22BrNO2/c14-10-12-4-2-1-3-7-15(12)13(16)11-5-8-17-9-6-11/h11-12H,1-10H2. The Labute approximate surface area is 112 Å². The third-order valence-corrected chi connectivity index (χ3v) is 4.66. The van der Waals surface area contributed by atoms with Crippen LogP contribution in [0.1, 0.15) is 38.5 Å². The molecule has 98 valence electrons. The third-order valence-electron chi connectivity index (χ3n) is 3.91. The molecule has 3 nitrogen and oxygen atoms in total. The zero-order chi connectivity index (χ0) is 12.1. The fraction of sp³-hybridized carbons (Fsp3) is 0.923. The summed E-state index contributed by atoms with van der Waals surface area (Å²) in [6.07, 6.45) is 6.65. The molecule has 17 heavy (non-hydrogen) atoms. The second-order valence-electron chi connectivity index (χ2n) is 5.08. The Kier molecular flexibility index (Phi) is 5.29. The van der Waals surface area contributed by atoms with Crippen molar-refractivity contribution in [2.24, 2.45) is 5.92 Å². The van der Waals surface area contributed by atoms with E-state index in [2.05, 4.69) is 20.8 Å². The van der Waals surface area contributed by atoms with E-state index in [1.807, 2.05) is 0 Å². The van der Waals surface area contributed by atoms with E-state index in [4.69, 9.17) is 4.74 Å². The molecule has 1 amide bonds. The number of nitrogens with zero attached hydrogens (tertiary/aromatic N) is 1. The summed E-state index contributed by atoms with van der Waals surface area (Å²) in [5.41, 5.74) is 0. The first kappa shape index (κ1) is 13.3. The van der Waals surface area contributed by atoms with Crippen molar-refractivity contribution >= 4 is 21.8 Å². The van der Waals surface area contributed by atoms with Crippen LogP contribution in [0.5, 0.6) is 0 Å². The molecule has 0 aliphatic carbocycles. The fourth-order valence-electron chi connectivity index (χ4n) is 2.81. The summed E-state index contributed by atoms with van der Waals surface area (Å²) in [5, 5.41) is 0.919. The van der Waals surface area contributed by atoms with Gasteiger partial charge < -0.3 is 9.64 Å². The van der Waals surface area contributed by atoms with E-state index in [-0.39, 0.29) is 5.92 Å². The van der Waals surface area contributed by atoms with Crippen LogP contribution in [0.2, 0.25) is 0 Å². The second kappa shape index (κ2) is 6.74. The number of likely N-dealkylation sites (tertiary alicyclic amines) is 1. The minimum absolute atomic E-state index is 0.211. The highest BCUT2D eigenvalue weighted by Gasteiger charge is 2.30. The van der Waals surface area contributed by atoms with E-state index in [0.29, 0.717) is 11.9 Å². The number of hydrogen-bond acceptors (Lipinski definition) is 2. The Morgan fingerprint density at radius 2 is 1.94 bits per heavy atom. The number of halogens is 1. The molecule has 0 aromatic rings. The highest BCUT2D eigenvalue weighted by molar-refractivity contribution is 9.09. The normalized spacial score (nSPS) is 27.8. The Hall–Kier alpha value is -0.0900. The molecule has 0 bridgehead atoms. The van der Waals surface area contributed by atoms with Crippen molar-refractivity contribution < 1.29 is 9.53 Å². The lowest BCUT2D eigenvalue weighted by Gasteiger charge is -2.33. The topological polar surface area (TPSA) is 29.5 Å². The minimum atomic E-state index is 0.211. The summed E-state index contributed by atoms with van der Waals surface area (Å²) < 4.78 is 5.34.